The van der Waals surface area contributed by atoms with Crippen LogP contribution in [0.2, 0.25) is 5.02 Å². The van der Waals surface area contributed by atoms with Gasteiger partial charge in [0.05, 0.1) is 11.4 Å². The molecule has 3 N–H and O–H groups in total. The number of carbonyl (C=O) groups excluding carboxylic acids is 2. The van der Waals surface area contributed by atoms with Crippen LogP contribution in [0.5, 0.6) is 0 Å². The van der Waals surface area contributed by atoms with Crippen molar-refractivity contribution in [3.8, 4) is 0 Å². The summed E-state index contributed by atoms with van der Waals surface area (Å²) in [6.07, 6.45) is 0. The number of benzene rings is 3. The summed E-state index contributed by atoms with van der Waals surface area (Å²) < 4.78 is 0. The zero-order chi connectivity index (χ0) is 19.2. The van der Waals surface area contributed by atoms with Gasteiger partial charge in [-0.25, -0.2) is 0 Å². The highest BCUT2D eigenvalue weighted by Crippen LogP contribution is 2.26. The topological polar surface area (TPSA) is 72.2 Å². The average Bonchev–Trinajstić information content (AvgIpc) is 2.69. The monoisotopic (exact) mass is 396 g/mol. The Morgan fingerprint density at radius 2 is 1.67 bits per heavy atom. The van der Waals surface area contributed by atoms with Gasteiger partial charge in [0.25, 0.3) is 0 Å². The molecule has 0 bridgehead atoms. The SMILES string of the molecule is Nc1ccccc1SCC(=O)Nc1ccc(Cl)cc1C(=O)c1ccccc1. The van der Waals surface area contributed by atoms with Crippen LogP contribution in [0.4, 0.5) is 11.4 Å². The normalized spacial score (nSPS) is 10.4. The fraction of sp³-hybridized carbons (Fsp3) is 0.0476. The van der Waals surface area contributed by atoms with E-state index in [9.17, 15) is 9.59 Å². The molecule has 0 heterocycles. The van der Waals surface area contributed by atoms with Crippen LogP contribution in [0.3, 0.4) is 0 Å². The van der Waals surface area contributed by atoms with E-state index >= 15 is 0 Å². The van der Waals surface area contributed by atoms with Gasteiger partial charge in [-0.2, -0.15) is 0 Å². The maximum atomic E-state index is 12.8. The number of ketones is 1. The Bertz CT molecular complexity index is 977. The van der Waals surface area contributed by atoms with Gasteiger partial charge in [0.15, 0.2) is 5.78 Å². The molecular formula is C21H17ClN2O2S. The Labute approximate surface area is 166 Å². The second-order valence-corrected chi connectivity index (χ2v) is 7.21. The lowest BCUT2D eigenvalue weighted by molar-refractivity contribution is -0.113. The number of hydrogen-bond acceptors (Lipinski definition) is 4. The number of nitrogens with one attached hydrogen (secondary N) is 1. The van der Waals surface area contributed by atoms with E-state index < -0.39 is 0 Å². The van der Waals surface area contributed by atoms with Crippen molar-refractivity contribution in [1.29, 1.82) is 0 Å². The van der Waals surface area contributed by atoms with Gasteiger partial charge in [-0.15, -0.1) is 11.8 Å². The highest BCUT2D eigenvalue weighted by Gasteiger charge is 2.16. The maximum absolute atomic E-state index is 12.8. The van der Waals surface area contributed by atoms with E-state index in [-0.39, 0.29) is 17.4 Å². The van der Waals surface area contributed by atoms with E-state index in [2.05, 4.69) is 5.32 Å². The molecule has 0 saturated heterocycles. The molecule has 0 aliphatic carbocycles. The number of rotatable bonds is 6. The van der Waals surface area contributed by atoms with E-state index in [1.54, 1.807) is 48.5 Å². The summed E-state index contributed by atoms with van der Waals surface area (Å²) in [6.45, 7) is 0. The van der Waals surface area contributed by atoms with Crippen LogP contribution >= 0.6 is 23.4 Å². The largest absolute Gasteiger partial charge is 0.398 e. The van der Waals surface area contributed by atoms with Gasteiger partial charge in [0.1, 0.15) is 0 Å². The second-order valence-electron chi connectivity index (χ2n) is 5.76. The third-order valence-corrected chi connectivity index (χ3v) is 5.14. The number of halogens is 1. The van der Waals surface area contributed by atoms with Crippen molar-refractivity contribution in [1.82, 2.24) is 0 Å². The fourth-order valence-corrected chi connectivity index (χ4v) is 3.44. The number of amides is 1. The van der Waals surface area contributed by atoms with E-state index in [1.807, 2.05) is 24.3 Å². The van der Waals surface area contributed by atoms with Crippen molar-refractivity contribution in [2.75, 3.05) is 16.8 Å². The van der Waals surface area contributed by atoms with Crippen molar-refractivity contribution in [2.45, 2.75) is 4.90 Å². The number of thioether (sulfide) groups is 1. The summed E-state index contributed by atoms with van der Waals surface area (Å²) in [5.74, 6) is -0.253. The lowest BCUT2D eigenvalue weighted by atomic mass is 10.0. The van der Waals surface area contributed by atoms with Crippen molar-refractivity contribution in [2.24, 2.45) is 0 Å². The van der Waals surface area contributed by atoms with Crippen LogP contribution in [0, 0.1) is 0 Å². The first kappa shape index (κ1) is 19.0. The molecule has 0 aliphatic rings. The highest BCUT2D eigenvalue weighted by molar-refractivity contribution is 8.00. The number of carbonyl (C=O) groups is 2. The zero-order valence-electron chi connectivity index (χ0n) is 14.3. The molecule has 0 aliphatic heterocycles. The number of hydrogen-bond donors (Lipinski definition) is 2. The molecule has 3 aromatic carbocycles. The van der Waals surface area contributed by atoms with Crippen LogP contribution in [-0.4, -0.2) is 17.4 Å². The molecule has 0 aromatic heterocycles. The Hall–Kier alpha value is -2.76. The molecule has 0 atom stereocenters. The van der Waals surface area contributed by atoms with Gasteiger partial charge in [0, 0.05) is 26.7 Å². The van der Waals surface area contributed by atoms with E-state index in [0.717, 1.165) is 4.90 Å². The molecule has 6 heteroatoms. The molecule has 3 rings (SSSR count). The molecule has 1 amide bonds. The molecule has 0 radical (unpaired) electrons. The third-order valence-electron chi connectivity index (χ3n) is 3.81. The molecule has 27 heavy (non-hydrogen) atoms. The molecular weight excluding hydrogens is 380 g/mol. The molecule has 3 aromatic rings. The molecule has 0 fully saturated rings. The minimum atomic E-state index is -0.229. The lowest BCUT2D eigenvalue weighted by Gasteiger charge is -2.11. The molecule has 136 valence electrons. The van der Waals surface area contributed by atoms with Crippen LogP contribution in [0.1, 0.15) is 15.9 Å². The summed E-state index contributed by atoms with van der Waals surface area (Å²) >= 11 is 7.40. The Morgan fingerprint density at radius 3 is 2.41 bits per heavy atom. The second kappa shape index (κ2) is 8.75. The molecule has 0 saturated carbocycles. The van der Waals surface area contributed by atoms with Crippen molar-refractivity contribution in [3.63, 3.8) is 0 Å². The first-order chi connectivity index (χ1) is 13.0. The maximum Gasteiger partial charge on any atom is 0.234 e. The van der Waals surface area contributed by atoms with Crippen molar-refractivity contribution < 1.29 is 9.59 Å². The van der Waals surface area contributed by atoms with Gasteiger partial charge < -0.3 is 11.1 Å². The van der Waals surface area contributed by atoms with Gasteiger partial charge in [-0.3, -0.25) is 9.59 Å². The van der Waals surface area contributed by atoms with Crippen molar-refractivity contribution in [3.05, 3.63) is 88.9 Å². The van der Waals surface area contributed by atoms with E-state index in [1.165, 1.54) is 11.8 Å². The number of nitrogen functional groups attached to an aromatic ring is 1. The smallest absolute Gasteiger partial charge is 0.234 e. The fourth-order valence-electron chi connectivity index (χ4n) is 2.50. The summed E-state index contributed by atoms with van der Waals surface area (Å²) in [6, 6.07) is 21.1. The highest BCUT2D eigenvalue weighted by atomic mass is 35.5. The third kappa shape index (κ3) is 4.90. The number of para-hydroxylation sites is 1. The van der Waals surface area contributed by atoms with Crippen LogP contribution in [0.15, 0.2) is 77.7 Å². The van der Waals surface area contributed by atoms with Gasteiger partial charge in [-0.1, -0.05) is 54.1 Å². The van der Waals surface area contributed by atoms with Crippen LogP contribution < -0.4 is 11.1 Å². The first-order valence-electron chi connectivity index (χ1n) is 8.21. The summed E-state index contributed by atoms with van der Waals surface area (Å²) in [7, 11) is 0. The Kier molecular flexibility index (Phi) is 6.16. The minimum absolute atomic E-state index is 0.176. The Morgan fingerprint density at radius 1 is 0.963 bits per heavy atom. The number of nitrogens with two attached hydrogens (primary N) is 1. The first-order valence-corrected chi connectivity index (χ1v) is 9.57. The Balaban J connectivity index is 1.76. The average molecular weight is 397 g/mol. The summed E-state index contributed by atoms with van der Waals surface area (Å²) in [5, 5.41) is 3.23. The quantitative estimate of drug-likeness (QED) is 0.353. The van der Waals surface area contributed by atoms with Crippen molar-refractivity contribution >= 4 is 46.4 Å². The molecule has 0 unspecified atom stereocenters. The summed E-state index contributed by atoms with van der Waals surface area (Å²) in [5.41, 5.74) is 7.83. The van der Waals surface area contributed by atoms with E-state index in [0.29, 0.717) is 27.5 Å². The zero-order valence-corrected chi connectivity index (χ0v) is 15.9. The van der Waals surface area contributed by atoms with Crippen LogP contribution in [0.25, 0.3) is 0 Å². The predicted octanol–water partition coefficient (Wildman–Crippen LogP) is 4.88. The predicted molar refractivity (Wildman–Crippen MR) is 112 cm³/mol. The lowest BCUT2D eigenvalue weighted by Crippen LogP contribution is -2.17. The minimum Gasteiger partial charge on any atom is -0.398 e. The molecule has 4 nitrogen and oxygen atoms in total. The molecule has 0 spiro atoms. The van der Waals surface area contributed by atoms with E-state index in [4.69, 9.17) is 17.3 Å². The number of anilines is 2. The van der Waals surface area contributed by atoms with Crippen LogP contribution in [-0.2, 0) is 4.79 Å². The van der Waals surface area contributed by atoms with Gasteiger partial charge in [-0.05, 0) is 30.3 Å². The van der Waals surface area contributed by atoms with Gasteiger partial charge in [0.2, 0.25) is 5.91 Å². The summed E-state index contributed by atoms with van der Waals surface area (Å²) in [4.78, 5) is 26.0. The van der Waals surface area contributed by atoms with Gasteiger partial charge >= 0.3 is 0 Å². The standard InChI is InChI=1S/C21H17ClN2O2S/c22-15-10-11-18(16(12-15)21(26)14-6-2-1-3-7-14)24-20(25)13-27-19-9-5-4-8-17(19)23/h1-12H,13,23H2,(H,24,25).